The minimum atomic E-state index is -1.34. The molecule has 5 aromatic carbocycles. The minimum Gasteiger partial charge on any atom is -0.482 e. The van der Waals surface area contributed by atoms with Crippen molar-refractivity contribution in [3.8, 4) is 5.75 Å². The van der Waals surface area contributed by atoms with Crippen LogP contribution in [0.2, 0.25) is 0 Å². The van der Waals surface area contributed by atoms with Crippen molar-refractivity contribution in [2.75, 3.05) is 26.9 Å². The summed E-state index contributed by atoms with van der Waals surface area (Å²) in [7, 11) is 1.52. The van der Waals surface area contributed by atoms with E-state index in [0.717, 1.165) is 43.2 Å². The van der Waals surface area contributed by atoms with Crippen LogP contribution < -0.4 is 10.4 Å². The normalized spacial score (nSPS) is 30.9. The molecule has 6 aromatic rings. The van der Waals surface area contributed by atoms with Gasteiger partial charge in [-0.25, -0.2) is 9.59 Å². The van der Waals surface area contributed by atoms with Crippen LogP contribution in [-0.2, 0) is 48.7 Å². The van der Waals surface area contributed by atoms with Crippen molar-refractivity contribution < 1.29 is 48.3 Å². The molecule has 3 fully saturated rings. The summed E-state index contributed by atoms with van der Waals surface area (Å²) in [4.78, 5) is 46.3. The SMILES string of the molecule is COCC(CCO)c1c(CO)c2ccc3c(c2oc1=O)C1OC(=O)CC2CC(c4cccc(C56CCCCC5CCc5ccccc56)c4)C=CC2c2ccc(cc2)CCC(=C(C)CO)C(=O)OC1C1(CCCC2C4C=Cc5ccccc5C4CC21)O3. The molecule has 13 atom stereocenters. The Morgan fingerprint density at radius 1 is 0.791 bits per heavy atom. The molecule has 3 saturated carbocycles. The monoisotopic (exact) mass is 1160 g/mol. The summed E-state index contributed by atoms with van der Waals surface area (Å²) in [6, 6.07) is 39.2. The zero-order valence-corrected chi connectivity index (χ0v) is 49.6. The molecule has 1 spiro atoms. The maximum absolute atomic E-state index is 15.9. The molecule has 0 radical (unpaired) electrons. The van der Waals surface area contributed by atoms with E-state index in [-0.39, 0.29) is 103 Å². The number of hydrogen-bond acceptors (Lipinski definition) is 11. The predicted octanol–water partition coefficient (Wildman–Crippen LogP) is 13.5. The molecule has 11 nitrogen and oxygen atoms in total. The molecule has 446 valence electrons. The number of hydrogen-bond donors (Lipinski definition) is 3. The predicted molar refractivity (Wildman–Crippen MR) is 330 cm³/mol. The van der Waals surface area contributed by atoms with Crippen molar-refractivity contribution in [1.29, 1.82) is 0 Å². The first-order valence-electron chi connectivity index (χ1n) is 32.0. The minimum absolute atomic E-state index is 0.00762. The summed E-state index contributed by atoms with van der Waals surface area (Å²) in [6.07, 6.45) is 18.3. The van der Waals surface area contributed by atoms with Crippen molar-refractivity contribution >= 4 is 29.0 Å². The molecule has 3 aliphatic heterocycles. The van der Waals surface area contributed by atoms with Crippen molar-refractivity contribution in [2.45, 2.75) is 157 Å². The van der Waals surface area contributed by atoms with Gasteiger partial charge in [-0.15, -0.1) is 0 Å². The van der Waals surface area contributed by atoms with Crippen LogP contribution in [-0.4, -0.2) is 65.9 Å². The highest BCUT2D eigenvalue weighted by atomic mass is 16.6. The molecule has 3 N–H and O–H groups in total. The van der Waals surface area contributed by atoms with E-state index < -0.39 is 47.9 Å². The summed E-state index contributed by atoms with van der Waals surface area (Å²) in [5, 5.41) is 32.8. The fourth-order valence-electron chi connectivity index (χ4n) is 18.4. The average molecular weight is 1160 g/mol. The lowest BCUT2D eigenvalue weighted by molar-refractivity contribution is -0.212. The second kappa shape index (κ2) is 23.3. The Morgan fingerprint density at radius 3 is 2.48 bits per heavy atom. The molecule has 4 heterocycles. The number of carbonyl (C=O) groups is 2. The van der Waals surface area contributed by atoms with E-state index in [2.05, 4.69) is 121 Å². The molecule has 1 aromatic heterocycles. The van der Waals surface area contributed by atoms with Crippen LogP contribution in [0, 0.1) is 29.6 Å². The molecule has 6 aliphatic carbocycles. The lowest BCUT2D eigenvalue weighted by Crippen LogP contribution is -2.62. The fourth-order valence-corrected chi connectivity index (χ4v) is 18.4. The standard InChI is InChI=1S/C75H80O11/c1-44(41-77)55-28-21-45-19-22-47(23-20-45)56-29-26-50(49-13-9-15-54(38-49)74-34-8-7-14-53(74)27-24-48-12-4-6-18-63(48)74)37-52(56)39-66(79)83-70-68-65(32-31-60-62(42-78)67(73(81)84-69(60)68)51(33-36-76)43-82-2)86-75(71(70)85-72(55)80)35-10-17-59-58-30-25-46-11-3-5-16-57(46)61(58)40-64(59)75/h3-6,9,11-13,15-16,18-20,22-23,25-26,29-32,38,50-53,56,58-59,61,64,70-71,76-78H,7-8,10,14,17,21,24,27-28,33-37,39-43H2,1-2H3. The number of aliphatic hydroxyl groups excluding tert-OH is 3. The number of aryl methyl sites for hydroxylation is 2. The quantitative estimate of drug-likeness (QED) is 0.0547. The van der Waals surface area contributed by atoms with Gasteiger partial charge in [0.1, 0.15) is 11.3 Å². The lowest BCUT2D eigenvalue weighted by Gasteiger charge is -2.53. The second-order valence-electron chi connectivity index (χ2n) is 26.4. The third-order valence-corrected chi connectivity index (χ3v) is 22.3. The van der Waals surface area contributed by atoms with Crippen LogP contribution in [0.15, 0.2) is 148 Å². The lowest BCUT2D eigenvalue weighted by atomic mass is 9.54. The number of fused-ring (bicyclic) bond motifs is 20. The zero-order chi connectivity index (χ0) is 58.8. The Balaban J connectivity index is 0.915. The van der Waals surface area contributed by atoms with E-state index in [1.54, 1.807) is 13.0 Å². The molecule has 13 unspecified atom stereocenters. The van der Waals surface area contributed by atoms with Crippen LogP contribution in [0.3, 0.4) is 0 Å². The Bertz CT molecular complexity index is 3730. The van der Waals surface area contributed by atoms with E-state index in [1.807, 2.05) is 6.07 Å². The first kappa shape index (κ1) is 56.9. The Labute approximate surface area is 504 Å². The maximum Gasteiger partial charge on any atom is 0.340 e. The number of carbonyl (C=O) groups excluding carboxylic acids is 2. The number of rotatable bonds is 9. The van der Waals surface area contributed by atoms with Crippen LogP contribution in [0.25, 0.3) is 17.0 Å². The first-order valence-corrected chi connectivity index (χ1v) is 32.0. The van der Waals surface area contributed by atoms with Crippen molar-refractivity contribution in [2.24, 2.45) is 29.6 Å². The molecule has 86 heavy (non-hydrogen) atoms. The van der Waals surface area contributed by atoms with Gasteiger partial charge in [0.25, 0.3) is 0 Å². The summed E-state index contributed by atoms with van der Waals surface area (Å²) in [5.41, 5.74) is 9.78. The second-order valence-corrected chi connectivity index (χ2v) is 26.4. The van der Waals surface area contributed by atoms with E-state index in [9.17, 15) is 20.1 Å². The van der Waals surface area contributed by atoms with Gasteiger partial charge in [0.15, 0.2) is 17.8 Å². The largest absolute Gasteiger partial charge is 0.482 e. The highest BCUT2D eigenvalue weighted by molar-refractivity contribution is 5.90. The van der Waals surface area contributed by atoms with Gasteiger partial charge in [-0.3, -0.25) is 4.79 Å². The van der Waals surface area contributed by atoms with Crippen molar-refractivity contribution in [3.63, 3.8) is 0 Å². The van der Waals surface area contributed by atoms with Gasteiger partial charge in [0, 0.05) is 65.7 Å². The number of allylic oxidation sites excluding steroid dienone is 3. The van der Waals surface area contributed by atoms with Gasteiger partial charge in [-0.1, -0.05) is 134 Å². The molecule has 0 amide bonds. The molecule has 9 aliphatic rings. The molecule has 11 heteroatoms. The van der Waals surface area contributed by atoms with Gasteiger partial charge >= 0.3 is 17.6 Å². The van der Waals surface area contributed by atoms with Crippen LogP contribution in [0.1, 0.15) is 181 Å². The highest BCUT2D eigenvalue weighted by Gasteiger charge is 2.65. The molecule has 15 rings (SSSR count). The maximum atomic E-state index is 15.9. The van der Waals surface area contributed by atoms with E-state index in [4.69, 9.17) is 23.4 Å². The van der Waals surface area contributed by atoms with E-state index in [1.165, 1.54) is 66.2 Å². The number of ether oxygens (including phenoxy) is 4. The first-order chi connectivity index (χ1) is 42.0. The highest BCUT2D eigenvalue weighted by Crippen LogP contribution is 2.64. The number of methoxy groups -OCH3 is 1. The summed E-state index contributed by atoms with van der Waals surface area (Å²) >= 11 is 0. The van der Waals surface area contributed by atoms with Crippen molar-refractivity contribution in [3.05, 3.63) is 210 Å². The third kappa shape index (κ3) is 9.56. The van der Waals surface area contributed by atoms with Crippen LogP contribution >= 0.6 is 0 Å². The van der Waals surface area contributed by atoms with E-state index >= 15 is 9.59 Å². The molecular formula is C75H80O11. The Kier molecular flexibility index (Phi) is 15.4. The third-order valence-electron chi connectivity index (χ3n) is 22.3. The van der Waals surface area contributed by atoms with Crippen molar-refractivity contribution in [1.82, 2.24) is 0 Å². The van der Waals surface area contributed by atoms with Crippen LogP contribution in [0.4, 0.5) is 0 Å². The molecule has 2 bridgehead atoms. The van der Waals surface area contributed by atoms with E-state index in [0.29, 0.717) is 53.0 Å². The summed E-state index contributed by atoms with van der Waals surface area (Å²) < 4.78 is 34.1. The number of esters is 2. The average Bonchev–Trinajstić information content (AvgIpc) is 1.32. The van der Waals surface area contributed by atoms with Gasteiger partial charge in [0.05, 0.1) is 25.4 Å². The number of aliphatic hydroxyl groups is 3. The van der Waals surface area contributed by atoms with Crippen LogP contribution in [0.5, 0.6) is 5.75 Å². The van der Waals surface area contributed by atoms with Gasteiger partial charge in [-0.05, 0) is 181 Å². The Morgan fingerprint density at radius 2 is 1.64 bits per heavy atom. The van der Waals surface area contributed by atoms with Gasteiger partial charge < -0.3 is 38.7 Å². The summed E-state index contributed by atoms with van der Waals surface area (Å²) in [6.45, 7) is 0.710. The fraction of sp³-hybridized carbons (Fsp3) is 0.453. The van der Waals surface area contributed by atoms with Gasteiger partial charge in [0.2, 0.25) is 0 Å². The summed E-state index contributed by atoms with van der Waals surface area (Å²) in [5.74, 6) is -0.840. The molecular weight excluding hydrogens is 1080 g/mol. The Hall–Kier alpha value is -6.89. The smallest absolute Gasteiger partial charge is 0.340 e. The number of benzene rings is 5. The van der Waals surface area contributed by atoms with Gasteiger partial charge in [-0.2, -0.15) is 0 Å². The molecule has 0 saturated heterocycles. The zero-order valence-electron chi connectivity index (χ0n) is 49.6. The topological polar surface area (TPSA) is 162 Å².